The molecule has 0 amide bonds. The standard InChI is InChI=1S/C16H14BrFN6O/c17-13-8-12(1-2-14(13)18)24(25)16(20)23-9-11(15(19)22-23)7-10-3-5-21-6-4-10/h1-6,8-9,20,25H,7H2,(H2,19,22). The van der Waals surface area contributed by atoms with E-state index in [0.29, 0.717) is 17.0 Å². The molecule has 0 unspecified atom stereocenters. The van der Waals surface area contributed by atoms with Crippen molar-refractivity contribution in [2.24, 2.45) is 0 Å². The molecule has 0 fully saturated rings. The van der Waals surface area contributed by atoms with Gasteiger partial charge in [-0.3, -0.25) is 15.6 Å². The van der Waals surface area contributed by atoms with Crippen LogP contribution in [0.15, 0.2) is 53.4 Å². The van der Waals surface area contributed by atoms with Gasteiger partial charge in [-0.05, 0) is 51.8 Å². The van der Waals surface area contributed by atoms with Crippen LogP contribution in [0.1, 0.15) is 11.1 Å². The van der Waals surface area contributed by atoms with Crippen LogP contribution in [0.5, 0.6) is 0 Å². The number of nitrogen functional groups attached to an aromatic ring is 1. The molecular weight excluding hydrogens is 391 g/mol. The van der Waals surface area contributed by atoms with Gasteiger partial charge in [0.05, 0.1) is 10.2 Å². The molecular formula is C16H14BrFN6O. The topological polar surface area (TPSA) is 104 Å². The number of pyridine rings is 1. The van der Waals surface area contributed by atoms with E-state index in [4.69, 9.17) is 11.1 Å². The van der Waals surface area contributed by atoms with Crippen LogP contribution in [0.2, 0.25) is 0 Å². The van der Waals surface area contributed by atoms with Crippen LogP contribution in [-0.4, -0.2) is 25.9 Å². The average molecular weight is 405 g/mol. The second-order valence-electron chi connectivity index (χ2n) is 5.25. The Hall–Kier alpha value is -2.78. The largest absolute Gasteiger partial charge is 0.382 e. The van der Waals surface area contributed by atoms with Crippen molar-refractivity contribution >= 4 is 33.4 Å². The zero-order valence-electron chi connectivity index (χ0n) is 12.9. The molecule has 4 N–H and O–H groups in total. The number of rotatable bonds is 3. The highest BCUT2D eigenvalue weighted by Gasteiger charge is 2.16. The van der Waals surface area contributed by atoms with Crippen molar-refractivity contribution < 1.29 is 9.60 Å². The summed E-state index contributed by atoms with van der Waals surface area (Å²) in [5.41, 5.74) is 7.83. The average Bonchev–Trinajstić information content (AvgIpc) is 2.97. The summed E-state index contributed by atoms with van der Waals surface area (Å²) in [5, 5.41) is 22.9. The Kier molecular flexibility index (Phi) is 4.77. The monoisotopic (exact) mass is 404 g/mol. The van der Waals surface area contributed by atoms with Gasteiger partial charge < -0.3 is 5.73 Å². The van der Waals surface area contributed by atoms with Gasteiger partial charge in [-0.15, -0.1) is 5.10 Å². The minimum Gasteiger partial charge on any atom is -0.382 e. The quantitative estimate of drug-likeness (QED) is 0.353. The molecule has 0 atom stereocenters. The lowest BCUT2D eigenvalue weighted by molar-refractivity contribution is 0.306. The molecule has 0 aliphatic rings. The Morgan fingerprint density at radius 2 is 2.04 bits per heavy atom. The van der Waals surface area contributed by atoms with Gasteiger partial charge in [0, 0.05) is 30.6 Å². The number of nitrogens with one attached hydrogen (secondary N) is 1. The molecule has 0 bridgehead atoms. The summed E-state index contributed by atoms with van der Waals surface area (Å²) in [6.45, 7) is 0. The third-order valence-corrected chi connectivity index (χ3v) is 4.14. The van der Waals surface area contributed by atoms with E-state index in [9.17, 15) is 9.60 Å². The SMILES string of the molecule is N=C(N(O)c1ccc(F)c(Br)c1)n1cc(Cc2ccncc2)c(N)n1. The Balaban J connectivity index is 1.82. The van der Waals surface area contributed by atoms with Crippen LogP contribution in [0, 0.1) is 11.2 Å². The molecule has 1 aromatic carbocycles. The molecule has 7 nitrogen and oxygen atoms in total. The van der Waals surface area contributed by atoms with Crippen molar-refractivity contribution in [2.45, 2.75) is 6.42 Å². The minimum atomic E-state index is -0.466. The lowest BCUT2D eigenvalue weighted by atomic mass is 10.1. The number of halogens is 2. The predicted molar refractivity (Wildman–Crippen MR) is 95.2 cm³/mol. The smallest absolute Gasteiger partial charge is 0.248 e. The molecule has 3 rings (SSSR count). The number of hydrogen-bond donors (Lipinski definition) is 3. The molecule has 0 saturated heterocycles. The molecule has 9 heteroatoms. The highest BCUT2D eigenvalue weighted by Crippen LogP contribution is 2.23. The van der Waals surface area contributed by atoms with E-state index in [2.05, 4.69) is 26.0 Å². The molecule has 2 aromatic heterocycles. The van der Waals surface area contributed by atoms with Crippen molar-refractivity contribution in [1.82, 2.24) is 14.8 Å². The summed E-state index contributed by atoms with van der Waals surface area (Å²) in [6.07, 6.45) is 5.45. The molecule has 3 aromatic rings. The van der Waals surface area contributed by atoms with Crippen LogP contribution in [0.3, 0.4) is 0 Å². The molecule has 0 aliphatic carbocycles. The Morgan fingerprint density at radius 1 is 1.32 bits per heavy atom. The van der Waals surface area contributed by atoms with Gasteiger partial charge >= 0.3 is 0 Å². The fraction of sp³-hybridized carbons (Fsp3) is 0.0625. The number of nitrogens with zero attached hydrogens (tertiary/aromatic N) is 4. The minimum absolute atomic E-state index is 0.176. The molecule has 0 radical (unpaired) electrons. The van der Waals surface area contributed by atoms with Gasteiger partial charge in [0.15, 0.2) is 0 Å². The molecule has 2 heterocycles. The first-order valence-corrected chi connectivity index (χ1v) is 8.01. The van der Waals surface area contributed by atoms with Crippen molar-refractivity contribution in [1.29, 1.82) is 5.41 Å². The summed E-state index contributed by atoms with van der Waals surface area (Å²) in [6, 6.07) is 7.60. The van der Waals surface area contributed by atoms with E-state index >= 15 is 0 Å². The summed E-state index contributed by atoms with van der Waals surface area (Å²) < 4.78 is 14.6. The van der Waals surface area contributed by atoms with Crippen molar-refractivity contribution in [2.75, 3.05) is 10.8 Å². The summed E-state index contributed by atoms with van der Waals surface area (Å²) in [7, 11) is 0. The zero-order chi connectivity index (χ0) is 18.0. The van der Waals surface area contributed by atoms with Crippen molar-refractivity contribution in [3.63, 3.8) is 0 Å². The van der Waals surface area contributed by atoms with Gasteiger partial charge in [0.2, 0.25) is 5.96 Å². The van der Waals surface area contributed by atoms with Crippen LogP contribution < -0.4 is 10.8 Å². The van der Waals surface area contributed by atoms with Crippen LogP contribution in [0.4, 0.5) is 15.9 Å². The van der Waals surface area contributed by atoms with E-state index in [0.717, 1.165) is 10.2 Å². The van der Waals surface area contributed by atoms with Gasteiger partial charge in [-0.1, -0.05) is 0 Å². The summed E-state index contributed by atoms with van der Waals surface area (Å²) in [4.78, 5) is 3.96. The normalized spacial score (nSPS) is 10.7. The van der Waals surface area contributed by atoms with Crippen LogP contribution in [0.25, 0.3) is 0 Å². The maximum Gasteiger partial charge on any atom is 0.248 e. The number of aromatic nitrogens is 3. The molecule has 25 heavy (non-hydrogen) atoms. The molecule has 0 spiro atoms. The fourth-order valence-electron chi connectivity index (χ4n) is 2.22. The number of nitrogens with two attached hydrogens (primary N) is 1. The van der Waals surface area contributed by atoms with E-state index in [1.165, 1.54) is 18.2 Å². The fourth-order valence-corrected chi connectivity index (χ4v) is 2.59. The highest BCUT2D eigenvalue weighted by atomic mass is 79.9. The third kappa shape index (κ3) is 3.67. The summed E-state index contributed by atoms with van der Waals surface area (Å²) >= 11 is 3.04. The number of benzene rings is 1. The molecule has 128 valence electrons. The first-order valence-electron chi connectivity index (χ1n) is 7.21. The van der Waals surface area contributed by atoms with Crippen molar-refractivity contribution in [3.05, 3.63) is 70.3 Å². The Labute approximate surface area is 151 Å². The number of anilines is 2. The van der Waals surface area contributed by atoms with E-state index in [1.54, 1.807) is 18.6 Å². The first kappa shape index (κ1) is 17.1. The lowest BCUT2D eigenvalue weighted by Gasteiger charge is -2.17. The van der Waals surface area contributed by atoms with E-state index in [1.807, 2.05) is 12.1 Å². The van der Waals surface area contributed by atoms with Gasteiger partial charge in [-0.2, -0.15) is 5.06 Å². The lowest BCUT2D eigenvalue weighted by Crippen LogP contribution is -2.32. The second kappa shape index (κ2) is 6.99. The maximum absolute atomic E-state index is 13.3. The maximum atomic E-state index is 13.3. The third-order valence-electron chi connectivity index (χ3n) is 3.53. The zero-order valence-corrected chi connectivity index (χ0v) is 14.5. The Bertz CT molecular complexity index is 914. The van der Waals surface area contributed by atoms with Crippen molar-refractivity contribution in [3.8, 4) is 0 Å². The van der Waals surface area contributed by atoms with Gasteiger partial charge in [-0.25, -0.2) is 9.07 Å². The van der Waals surface area contributed by atoms with Crippen LogP contribution in [-0.2, 0) is 6.42 Å². The second-order valence-corrected chi connectivity index (χ2v) is 6.10. The first-order chi connectivity index (χ1) is 12.0. The predicted octanol–water partition coefficient (Wildman–Crippen LogP) is 3.03. The number of hydrogen-bond acceptors (Lipinski definition) is 5. The van der Waals surface area contributed by atoms with Gasteiger partial charge in [0.1, 0.15) is 11.6 Å². The van der Waals surface area contributed by atoms with E-state index < -0.39 is 5.82 Å². The number of hydroxylamine groups is 1. The van der Waals surface area contributed by atoms with Gasteiger partial charge in [0.25, 0.3) is 0 Å². The molecule has 0 saturated carbocycles. The summed E-state index contributed by atoms with van der Waals surface area (Å²) in [5.74, 6) is -0.548. The Morgan fingerprint density at radius 3 is 2.72 bits per heavy atom. The van der Waals surface area contributed by atoms with E-state index in [-0.39, 0.29) is 21.9 Å². The molecule has 0 aliphatic heterocycles. The van der Waals surface area contributed by atoms with Crippen LogP contribution >= 0.6 is 15.9 Å². The highest BCUT2D eigenvalue weighted by molar-refractivity contribution is 9.10.